The van der Waals surface area contributed by atoms with E-state index in [4.69, 9.17) is 0 Å². The molecule has 0 saturated carbocycles. The number of imidazole rings is 1. The summed E-state index contributed by atoms with van der Waals surface area (Å²) in [6.07, 6.45) is -2.49. The first-order chi connectivity index (χ1) is 17.2. The highest BCUT2D eigenvalue weighted by Crippen LogP contribution is 2.33. The van der Waals surface area contributed by atoms with Gasteiger partial charge in [-0.05, 0) is 44.0 Å². The van der Waals surface area contributed by atoms with Crippen molar-refractivity contribution in [3.8, 4) is 11.3 Å². The summed E-state index contributed by atoms with van der Waals surface area (Å²) in [7, 11) is -4.00. The van der Waals surface area contributed by atoms with E-state index in [0.29, 0.717) is 11.1 Å². The maximum Gasteiger partial charge on any atom is 0.434 e. The van der Waals surface area contributed by atoms with E-state index in [1.807, 2.05) is 30.3 Å². The first kappa shape index (κ1) is 26.6. The lowest BCUT2D eigenvalue weighted by molar-refractivity contribution is -0.141. The molecule has 0 radical (unpaired) electrons. The Morgan fingerprint density at radius 1 is 1.08 bits per heavy atom. The van der Waals surface area contributed by atoms with Crippen molar-refractivity contribution in [2.45, 2.75) is 44.0 Å². The van der Waals surface area contributed by atoms with Crippen molar-refractivity contribution in [1.82, 2.24) is 19.1 Å². The third kappa shape index (κ3) is 6.09. The van der Waals surface area contributed by atoms with Gasteiger partial charge in [-0.2, -0.15) is 13.2 Å². The quantitative estimate of drug-likeness (QED) is 0.310. The van der Waals surface area contributed by atoms with Crippen molar-refractivity contribution >= 4 is 21.5 Å². The standard InChI is InChI=1S/C25H26F3N5O3S/c1-16-9-10-18(37(35,36)31-15-24(2,3)34)11-19(16)20-13-30-23-22(29-12-17-7-5-4-6-8-17)32-21(14-33(20)23)25(26,27)28/h4-11,13-14,31,34H,12,15H2,1-3H3,(H,29,32). The fourth-order valence-electron chi connectivity index (χ4n) is 3.62. The predicted octanol–water partition coefficient (Wildman–Crippen LogP) is 4.38. The van der Waals surface area contributed by atoms with Gasteiger partial charge in [0, 0.05) is 24.8 Å². The third-order valence-electron chi connectivity index (χ3n) is 5.58. The molecule has 0 amide bonds. The number of benzene rings is 2. The molecule has 4 aromatic rings. The second-order valence-electron chi connectivity index (χ2n) is 9.26. The Morgan fingerprint density at radius 2 is 1.78 bits per heavy atom. The molecule has 0 aliphatic rings. The van der Waals surface area contributed by atoms with Crippen LogP contribution in [0.5, 0.6) is 0 Å². The molecule has 0 fully saturated rings. The lowest BCUT2D eigenvalue weighted by Crippen LogP contribution is -2.38. The van der Waals surface area contributed by atoms with Crippen LogP contribution in [0.2, 0.25) is 0 Å². The molecule has 196 valence electrons. The van der Waals surface area contributed by atoms with Crippen LogP contribution in [-0.2, 0) is 22.7 Å². The molecule has 2 aromatic carbocycles. The molecule has 12 heteroatoms. The van der Waals surface area contributed by atoms with Crippen molar-refractivity contribution in [3.05, 3.63) is 77.7 Å². The number of nitrogens with zero attached hydrogens (tertiary/aromatic N) is 3. The number of alkyl halides is 3. The molecule has 4 rings (SSSR count). The number of hydrogen-bond acceptors (Lipinski definition) is 6. The van der Waals surface area contributed by atoms with E-state index in [0.717, 1.165) is 11.8 Å². The maximum atomic E-state index is 13.7. The van der Waals surface area contributed by atoms with Crippen LogP contribution >= 0.6 is 0 Å². The Bertz CT molecular complexity index is 1530. The van der Waals surface area contributed by atoms with E-state index < -0.39 is 27.5 Å². The molecule has 0 unspecified atom stereocenters. The summed E-state index contributed by atoms with van der Waals surface area (Å²) < 4.78 is 70.5. The minimum absolute atomic E-state index is 0.0572. The summed E-state index contributed by atoms with van der Waals surface area (Å²) in [4.78, 5) is 7.98. The van der Waals surface area contributed by atoms with E-state index in [9.17, 15) is 26.7 Å². The zero-order valence-electron chi connectivity index (χ0n) is 20.3. The number of nitrogens with one attached hydrogen (secondary N) is 2. The largest absolute Gasteiger partial charge is 0.434 e. The lowest BCUT2D eigenvalue weighted by atomic mass is 10.1. The van der Waals surface area contributed by atoms with Crippen LogP contribution in [-0.4, -0.2) is 40.0 Å². The van der Waals surface area contributed by atoms with Crippen LogP contribution in [0.3, 0.4) is 0 Å². The number of fused-ring (bicyclic) bond motifs is 1. The van der Waals surface area contributed by atoms with Crippen LogP contribution < -0.4 is 10.0 Å². The highest BCUT2D eigenvalue weighted by Gasteiger charge is 2.34. The fraction of sp³-hybridized carbons (Fsp3) is 0.280. The van der Waals surface area contributed by atoms with E-state index in [1.54, 1.807) is 13.0 Å². The Labute approximate surface area is 212 Å². The Morgan fingerprint density at radius 3 is 2.43 bits per heavy atom. The number of aryl methyl sites for hydroxylation is 1. The van der Waals surface area contributed by atoms with Gasteiger partial charge in [-0.25, -0.2) is 23.1 Å². The molecule has 3 N–H and O–H groups in total. The number of aliphatic hydroxyl groups is 1. The monoisotopic (exact) mass is 533 g/mol. The van der Waals surface area contributed by atoms with Crippen molar-refractivity contribution in [2.75, 3.05) is 11.9 Å². The lowest BCUT2D eigenvalue weighted by Gasteiger charge is -2.18. The Balaban J connectivity index is 1.80. The summed E-state index contributed by atoms with van der Waals surface area (Å²) in [5, 5.41) is 12.8. The normalized spacial score (nSPS) is 12.7. The molecule has 0 aliphatic heterocycles. The average Bonchev–Trinajstić information content (AvgIpc) is 3.25. The number of rotatable bonds is 8. The maximum absolute atomic E-state index is 13.7. The first-order valence-electron chi connectivity index (χ1n) is 11.3. The summed E-state index contributed by atoms with van der Waals surface area (Å²) in [5.74, 6) is -0.0572. The van der Waals surface area contributed by atoms with Crippen LogP contribution in [0.1, 0.15) is 30.7 Å². The van der Waals surface area contributed by atoms with Gasteiger partial charge in [0.25, 0.3) is 0 Å². The summed E-state index contributed by atoms with van der Waals surface area (Å²) in [6.45, 7) is 4.65. The van der Waals surface area contributed by atoms with E-state index in [-0.39, 0.29) is 35.1 Å². The van der Waals surface area contributed by atoms with Crippen LogP contribution in [0.15, 0.2) is 65.8 Å². The van der Waals surface area contributed by atoms with E-state index >= 15 is 0 Å². The highest BCUT2D eigenvalue weighted by molar-refractivity contribution is 7.89. The predicted molar refractivity (Wildman–Crippen MR) is 133 cm³/mol. The molecule has 0 bridgehead atoms. The zero-order valence-corrected chi connectivity index (χ0v) is 21.2. The van der Waals surface area contributed by atoms with Gasteiger partial charge in [0.15, 0.2) is 17.2 Å². The van der Waals surface area contributed by atoms with Crippen LogP contribution in [0, 0.1) is 6.92 Å². The number of aromatic nitrogens is 3. The van der Waals surface area contributed by atoms with Crippen molar-refractivity contribution in [2.24, 2.45) is 0 Å². The molecule has 0 spiro atoms. The van der Waals surface area contributed by atoms with Gasteiger partial charge < -0.3 is 10.4 Å². The molecule has 2 aromatic heterocycles. The second kappa shape index (κ2) is 9.77. The molecule has 37 heavy (non-hydrogen) atoms. The zero-order chi connectivity index (χ0) is 27.0. The van der Waals surface area contributed by atoms with Crippen LogP contribution in [0.4, 0.5) is 19.0 Å². The average molecular weight is 534 g/mol. The molecular weight excluding hydrogens is 507 g/mol. The van der Waals surface area contributed by atoms with Crippen LogP contribution in [0.25, 0.3) is 16.9 Å². The van der Waals surface area contributed by atoms with Gasteiger partial charge >= 0.3 is 6.18 Å². The first-order valence-corrected chi connectivity index (χ1v) is 12.8. The smallest absolute Gasteiger partial charge is 0.389 e. The van der Waals surface area contributed by atoms with Gasteiger partial charge in [-0.15, -0.1) is 0 Å². The molecule has 2 heterocycles. The third-order valence-corrected chi connectivity index (χ3v) is 6.97. The van der Waals surface area contributed by atoms with Gasteiger partial charge in [-0.3, -0.25) is 4.40 Å². The number of hydrogen-bond donors (Lipinski definition) is 3. The number of sulfonamides is 1. The van der Waals surface area contributed by atoms with Crippen molar-refractivity contribution < 1.29 is 26.7 Å². The molecule has 0 atom stereocenters. The SMILES string of the molecule is Cc1ccc(S(=O)(=O)NCC(C)(C)O)cc1-c1cnc2c(NCc3ccccc3)nc(C(F)(F)F)cn12. The molecule has 8 nitrogen and oxygen atoms in total. The van der Waals surface area contributed by atoms with Gasteiger partial charge in [-0.1, -0.05) is 36.4 Å². The molecular formula is C25H26F3N5O3S. The minimum atomic E-state index is -4.72. The van der Waals surface area contributed by atoms with E-state index in [1.165, 1.54) is 36.6 Å². The topological polar surface area (TPSA) is 109 Å². The highest BCUT2D eigenvalue weighted by atomic mass is 32.2. The van der Waals surface area contributed by atoms with Crippen molar-refractivity contribution in [1.29, 1.82) is 0 Å². The Kier molecular flexibility index (Phi) is 7.01. The van der Waals surface area contributed by atoms with Gasteiger partial charge in [0.05, 0.1) is 22.4 Å². The number of halogens is 3. The second-order valence-corrected chi connectivity index (χ2v) is 11.0. The number of anilines is 1. The molecule has 0 aliphatic carbocycles. The minimum Gasteiger partial charge on any atom is -0.389 e. The van der Waals surface area contributed by atoms with E-state index in [2.05, 4.69) is 20.0 Å². The molecule has 0 saturated heterocycles. The summed E-state index contributed by atoms with van der Waals surface area (Å²) >= 11 is 0. The van der Waals surface area contributed by atoms with Gasteiger partial charge in [0.2, 0.25) is 10.0 Å². The Hall–Kier alpha value is -3.48. The summed E-state index contributed by atoms with van der Waals surface area (Å²) in [6, 6.07) is 13.5. The summed E-state index contributed by atoms with van der Waals surface area (Å²) in [5.41, 5.74) is -0.109. The van der Waals surface area contributed by atoms with Gasteiger partial charge in [0.1, 0.15) is 0 Å². The van der Waals surface area contributed by atoms with Crippen molar-refractivity contribution in [3.63, 3.8) is 0 Å². The fourth-order valence-corrected chi connectivity index (χ4v) is 4.85.